The second-order valence-electron chi connectivity index (χ2n) is 3.62. The first-order chi connectivity index (χ1) is 6.50. The maximum Gasteiger partial charge on any atom is 0.219 e. The Labute approximate surface area is 83.1 Å². The smallest absolute Gasteiger partial charge is 0.219 e. The number of hydrogen-bond acceptors (Lipinski definition) is 3. The average Bonchev–Trinajstić information content (AvgIpc) is 2.50. The van der Waals surface area contributed by atoms with Crippen LogP contribution in [0.5, 0.6) is 0 Å². The van der Waals surface area contributed by atoms with E-state index in [0.29, 0.717) is 6.04 Å². The van der Waals surface area contributed by atoms with Gasteiger partial charge in [-0.25, -0.2) is 0 Å². The molecule has 1 atom stereocenters. The number of aromatic nitrogens is 2. The third kappa shape index (κ3) is 2.56. The van der Waals surface area contributed by atoms with E-state index in [0.717, 1.165) is 5.56 Å². The summed E-state index contributed by atoms with van der Waals surface area (Å²) in [6.45, 7) is 4.05. The van der Waals surface area contributed by atoms with Crippen LogP contribution < -0.4 is 11.5 Å². The number of amides is 1. The minimum atomic E-state index is -0.394. The zero-order valence-corrected chi connectivity index (χ0v) is 8.47. The maximum atomic E-state index is 10.6. The Morgan fingerprint density at radius 2 is 2.29 bits per heavy atom. The van der Waals surface area contributed by atoms with E-state index in [1.54, 1.807) is 10.9 Å². The fourth-order valence-corrected chi connectivity index (χ4v) is 1.16. The van der Waals surface area contributed by atoms with Gasteiger partial charge in [-0.15, -0.1) is 0 Å². The van der Waals surface area contributed by atoms with Crippen molar-refractivity contribution in [1.82, 2.24) is 9.78 Å². The van der Waals surface area contributed by atoms with E-state index < -0.39 is 5.91 Å². The number of nitrogens with zero attached hydrogens (tertiary/aromatic N) is 2. The molecule has 1 aromatic heterocycles. The molecule has 1 heterocycles. The van der Waals surface area contributed by atoms with Crippen LogP contribution in [-0.2, 0) is 4.79 Å². The van der Waals surface area contributed by atoms with Crippen molar-refractivity contribution in [3.05, 3.63) is 18.0 Å². The van der Waals surface area contributed by atoms with Crippen LogP contribution in [0.15, 0.2) is 12.4 Å². The molecule has 0 fully saturated rings. The summed E-state index contributed by atoms with van der Waals surface area (Å²) in [5, 5.41) is 4.13. The molecule has 0 aromatic carbocycles. The number of carbonyl (C=O) groups excluding carboxylic acids is 1. The summed E-state index contributed by atoms with van der Waals surface area (Å²) in [4.78, 5) is 10.6. The molecular weight excluding hydrogens is 180 g/mol. The van der Waals surface area contributed by atoms with Gasteiger partial charge in [0.25, 0.3) is 0 Å². The van der Waals surface area contributed by atoms with E-state index in [1.807, 2.05) is 20.0 Å². The van der Waals surface area contributed by atoms with Crippen molar-refractivity contribution in [2.24, 2.45) is 11.5 Å². The third-order valence-corrected chi connectivity index (χ3v) is 2.00. The summed E-state index contributed by atoms with van der Waals surface area (Å²) in [6, 6.07) is -0.0514. The predicted octanol–water partition coefficient (Wildman–Crippen LogP) is 0.339. The van der Waals surface area contributed by atoms with Crippen molar-refractivity contribution >= 4 is 5.91 Å². The Morgan fingerprint density at radius 3 is 2.71 bits per heavy atom. The second-order valence-corrected chi connectivity index (χ2v) is 3.62. The average molecular weight is 196 g/mol. The lowest BCUT2D eigenvalue weighted by atomic mass is 10.1. The van der Waals surface area contributed by atoms with Crippen LogP contribution >= 0.6 is 0 Å². The van der Waals surface area contributed by atoms with Gasteiger partial charge in [-0.2, -0.15) is 5.10 Å². The van der Waals surface area contributed by atoms with Crippen LogP contribution in [0.4, 0.5) is 0 Å². The Bertz CT molecular complexity index is 318. The molecule has 0 aliphatic heterocycles. The fraction of sp³-hybridized carbons (Fsp3) is 0.556. The molecule has 0 saturated carbocycles. The van der Waals surface area contributed by atoms with Gasteiger partial charge >= 0.3 is 0 Å². The molecule has 5 nitrogen and oxygen atoms in total. The summed E-state index contributed by atoms with van der Waals surface area (Å²) in [7, 11) is 0. The van der Waals surface area contributed by atoms with E-state index >= 15 is 0 Å². The molecule has 0 spiro atoms. The number of primary amides is 1. The summed E-state index contributed by atoms with van der Waals surface area (Å²) in [6.07, 6.45) is 3.68. The highest BCUT2D eigenvalue weighted by Crippen LogP contribution is 2.14. The number of nitrogens with two attached hydrogens (primary N) is 2. The van der Waals surface area contributed by atoms with Crippen molar-refractivity contribution in [3.63, 3.8) is 0 Å². The first kappa shape index (κ1) is 10.7. The molecule has 0 radical (unpaired) electrons. The standard InChI is InChI=1S/C9H16N4O/c1-6(2)13-5-7(4-12-13)8(10)3-9(11)14/h4-6,8H,3,10H2,1-2H3,(H2,11,14)/t8-/m0/s1. The molecule has 1 aromatic rings. The van der Waals surface area contributed by atoms with E-state index in [2.05, 4.69) is 5.10 Å². The molecule has 1 rings (SSSR count). The van der Waals surface area contributed by atoms with Gasteiger partial charge in [-0.1, -0.05) is 0 Å². The first-order valence-corrected chi connectivity index (χ1v) is 4.58. The monoisotopic (exact) mass is 196 g/mol. The summed E-state index contributed by atoms with van der Waals surface area (Å²) >= 11 is 0. The van der Waals surface area contributed by atoms with Crippen molar-refractivity contribution in [2.45, 2.75) is 32.4 Å². The molecular formula is C9H16N4O. The molecule has 14 heavy (non-hydrogen) atoms. The Hall–Kier alpha value is -1.36. The van der Waals surface area contributed by atoms with Crippen LogP contribution in [0.2, 0.25) is 0 Å². The fourth-order valence-electron chi connectivity index (χ4n) is 1.16. The van der Waals surface area contributed by atoms with E-state index in [1.165, 1.54) is 0 Å². The highest BCUT2D eigenvalue weighted by atomic mass is 16.1. The zero-order valence-electron chi connectivity index (χ0n) is 8.47. The zero-order chi connectivity index (χ0) is 10.7. The van der Waals surface area contributed by atoms with Crippen LogP contribution in [0.25, 0.3) is 0 Å². The van der Waals surface area contributed by atoms with E-state index in [-0.39, 0.29) is 12.5 Å². The van der Waals surface area contributed by atoms with Gasteiger partial charge in [0.15, 0.2) is 0 Å². The van der Waals surface area contributed by atoms with Gasteiger partial charge in [-0.3, -0.25) is 9.48 Å². The van der Waals surface area contributed by atoms with Gasteiger partial charge in [0, 0.05) is 30.3 Å². The molecule has 0 saturated heterocycles. The van der Waals surface area contributed by atoms with Gasteiger partial charge in [0.2, 0.25) is 5.91 Å². The Balaban J connectivity index is 2.71. The number of carbonyl (C=O) groups is 1. The molecule has 0 bridgehead atoms. The van der Waals surface area contributed by atoms with Crippen molar-refractivity contribution in [3.8, 4) is 0 Å². The van der Waals surface area contributed by atoms with E-state index in [4.69, 9.17) is 11.5 Å². The molecule has 4 N–H and O–H groups in total. The van der Waals surface area contributed by atoms with Crippen LogP contribution in [0.1, 0.15) is 37.9 Å². The minimum Gasteiger partial charge on any atom is -0.370 e. The maximum absolute atomic E-state index is 10.6. The summed E-state index contributed by atoms with van der Waals surface area (Å²) in [5.74, 6) is -0.394. The molecule has 0 aliphatic carbocycles. The molecule has 0 unspecified atom stereocenters. The molecule has 5 heteroatoms. The minimum absolute atomic E-state index is 0.157. The van der Waals surface area contributed by atoms with Gasteiger partial charge in [0.1, 0.15) is 0 Å². The normalized spacial score (nSPS) is 13.1. The summed E-state index contributed by atoms with van der Waals surface area (Å²) < 4.78 is 1.80. The largest absolute Gasteiger partial charge is 0.370 e. The number of rotatable bonds is 4. The molecule has 0 aliphatic rings. The predicted molar refractivity (Wildman–Crippen MR) is 53.4 cm³/mol. The third-order valence-electron chi connectivity index (χ3n) is 2.00. The van der Waals surface area contributed by atoms with Gasteiger partial charge in [-0.05, 0) is 13.8 Å². The van der Waals surface area contributed by atoms with Crippen LogP contribution in [0.3, 0.4) is 0 Å². The van der Waals surface area contributed by atoms with E-state index in [9.17, 15) is 4.79 Å². The Morgan fingerprint density at radius 1 is 1.64 bits per heavy atom. The summed E-state index contributed by atoms with van der Waals surface area (Å²) in [5.41, 5.74) is 11.7. The van der Waals surface area contributed by atoms with Crippen molar-refractivity contribution < 1.29 is 4.79 Å². The molecule has 78 valence electrons. The lowest BCUT2D eigenvalue weighted by Crippen LogP contribution is -2.20. The SMILES string of the molecule is CC(C)n1cc([C@@H](N)CC(N)=O)cn1. The second kappa shape index (κ2) is 4.23. The highest BCUT2D eigenvalue weighted by molar-refractivity contribution is 5.74. The topological polar surface area (TPSA) is 86.9 Å². The number of hydrogen-bond donors (Lipinski definition) is 2. The lowest BCUT2D eigenvalue weighted by Gasteiger charge is -2.06. The lowest BCUT2D eigenvalue weighted by molar-refractivity contribution is -0.118. The van der Waals surface area contributed by atoms with Gasteiger partial charge < -0.3 is 11.5 Å². The van der Waals surface area contributed by atoms with Crippen molar-refractivity contribution in [1.29, 1.82) is 0 Å². The highest BCUT2D eigenvalue weighted by Gasteiger charge is 2.11. The van der Waals surface area contributed by atoms with Crippen LogP contribution in [-0.4, -0.2) is 15.7 Å². The quantitative estimate of drug-likeness (QED) is 0.728. The van der Waals surface area contributed by atoms with Crippen LogP contribution in [0, 0.1) is 0 Å². The van der Waals surface area contributed by atoms with Gasteiger partial charge in [0.05, 0.1) is 6.20 Å². The first-order valence-electron chi connectivity index (χ1n) is 4.58. The van der Waals surface area contributed by atoms with Crippen molar-refractivity contribution in [2.75, 3.05) is 0 Å². The Kier molecular flexibility index (Phi) is 3.24. The molecule has 1 amide bonds.